The fourth-order valence-corrected chi connectivity index (χ4v) is 4.09. The third kappa shape index (κ3) is 3.75. The predicted octanol–water partition coefficient (Wildman–Crippen LogP) is 4.11. The number of carbonyl (C=O) groups is 2. The Morgan fingerprint density at radius 2 is 2.08 bits per heavy atom. The highest BCUT2D eigenvalue weighted by Gasteiger charge is 2.29. The number of ketones is 2. The van der Waals surface area contributed by atoms with Gasteiger partial charge < -0.3 is 5.11 Å². The van der Waals surface area contributed by atoms with E-state index in [1.165, 1.54) is 11.3 Å². The SMILES string of the molecule is CCCc1ccc(/C(O)=C2\CCc3nc(CC(=O)CC)sc3C2=O)cn1. The van der Waals surface area contributed by atoms with E-state index in [2.05, 4.69) is 16.9 Å². The first-order valence-electron chi connectivity index (χ1n) is 8.95. The van der Waals surface area contributed by atoms with Crippen LogP contribution in [0.25, 0.3) is 5.76 Å². The summed E-state index contributed by atoms with van der Waals surface area (Å²) in [6, 6.07) is 3.69. The molecule has 0 saturated carbocycles. The summed E-state index contributed by atoms with van der Waals surface area (Å²) in [5.41, 5.74) is 2.67. The van der Waals surface area contributed by atoms with E-state index >= 15 is 0 Å². The van der Waals surface area contributed by atoms with Crippen LogP contribution in [0, 0.1) is 0 Å². The lowest BCUT2D eigenvalue weighted by Gasteiger charge is -2.14. The van der Waals surface area contributed by atoms with Crippen molar-refractivity contribution in [1.82, 2.24) is 9.97 Å². The number of thiazole rings is 1. The van der Waals surface area contributed by atoms with Crippen molar-refractivity contribution in [3.8, 4) is 0 Å². The van der Waals surface area contributed by atoms with E-state index in [1.807, 2.05) is 13.0 Å². The summed E-state index contributed by atoms with van der Waals surface area (Å²) in [6.07, 6.45) is 5.29. The fraction of sp³-hybridized carbons (Fsp3) is 0.400. The molecule has 0 atom stereocenters. The van der Waals surface area contributed by atoms with Gasteiger partial charge in [-0.3, -0.25) is 14.6 Å². The number of fused-ring (bicyclic) bond motifs is 1. The van der Waals surface area contributed by atoms with Crippen molar-refractivity contribution in [2.45, 2.75) is 52.4 Å². The summed E-state index contributed by atoms with van der Waals surface area (Å²) in [5, 5.41) is 11.3. The van der Waals surface area contributed by atoms with Gasteiger partial charge in [-0.2, -0.15) is 0 Å². The van der Waals surface area contributed by atoms with Gasteiger partial charge >= 0.3 is 0 Å². The number of hydrogen-bond donors (Lipinski definition) is 1. The van der Waals surface area contributed by atoms with Gasteiger partial charge in [-0.15, -0.1) is 11.3 Å². The van der Waals surface area contributed by atoms with E-state index in [9.17, 15) is 14.7 Å². The van der Waals surface area contributed by atoms with Gasteiger partial charge in [-0.05, 0) is 31.4 Å². The molecule has 136 valence electrons. The largest absolute Gasteiger partial charge is 0.507 e. The lowest BCUT2D eigenvalue weighted by atomic mass is 9.93. The van der Waals surface area contributed by atoms with Crippen LogP contribution in [0.5, 0.6) is 0 Å². The lowest BCUT2D eigenvalue weighted by molar-refractivity contribution is -0.118. The Bertz CT molecular complexity index is 866. The summed E-state index contributed by atoms with van der Waals surface area (Å²) < 4.78 is 0. The van der Waals surface area contributed by atoms with Gasteiger partial charge in [0.15, 0.2) is 0 Å². The monoisotopic (exact) mass is 370 g/mol. The first-order chi connectivity index (χ1) is 12.5. The highest BCUT2D eigenvalue weighted by atomic mass is 32.1. The van der Waals surface area contributed by atoms with Crippen LogP contribution in [-0.4, -0.2) is 26.6 Å². The zero-order valence-corrected chi connectivity index (χ0v) is 15.9. The molecule has 1 aliphatic carbocycles. The van der Waals surface area contributed by atoms with Crippen LogP contribution in [0.4, 0.5) is 0 Å². The zero-order chi connectivity index (χ0) is 18.7. The molecule has 2 aromatic heterocycles. The molecule has 2 aromatic rings. The molecule has 2 heterocycles. The van der Waals surface area contributed by atoms with E-state index in [0.717, 1.165) is 24.2 Å². The molecule has 0 saturated heterocycles. The van der Waals surface area contributed by atoms with Crippen LogP contribution < -0.4 is 0 Å². The maximum atomic E-state index is 12.8. The minimum Gasteiger partial charge on any atom is -0.507 e. The standard InChI is InChI=1S/C20H22N2O3S/c1-3-5-13-7-6-12(11-21-13)18(24)15-8-9-16-20(19(15)25)26-17(22-16)10-14(23)4-2/h6-7,11,24H,3-5,8-10H2,1-2H3/b18-15-. The van der Waals surface area contributed by atoms with Crippen molar-refractivity contribution in [3.63, 3.8) is 0 Å². The number of aromatic nitrogens is 2. The number of carbonyl (C=O) groups excluding carboxylic acids is 2. The maximum absolute atomic E-state index is 12.8. The van der Waals surface area contributed by atoms with E-state index in [-0.39, 0.29) is 23.7 Å². The number of aryl methyl sites for hydroxylation is 2. The van der Waals surface area contributed by atoms with E-state index in [0.29, 0.717) is 40.3 Å². The van der Waals surface area contributed by atoms with Gasteiger partial charge in [0.1, 0.15) is 16.6 Å². The summed E-state index contributed by atoms with van der Waals surface area (Å²) in [4.78, 5) is 33.8. The van der Waals surface area contributed by atoms with E-state index < -0.39 is 0 Å². The summed E-state index contributed by atoms with van der Waals surface area (Å²) in [5.74, 6) is -0.0785. The summed E-state index contributed by atoms with van der Waals surface area (Å²) >= 11 is 1.27. The van der Waals surface area contributed by atoms with Gasteiger partial charge in [0.25, 0.3) is 0 Å². The Balaban J connectivity index is 1.87. The van der Waals surface area contributed by atoms with Crippen molar-refractivity contribution in [2.75, 3.05) is 0 Å². The Hall–Kier alpha value is -2.34. The van der Waals surface area contributed by atoms with Crippen molar-refractivity contribution in [3.05, 3.63) is 50.7 Å². The van der Waals surface area contributed by atoms with E-state index in [1.54, 1.807) is 12.3 Å². The smallest absolute Gasteiger partial charge is 0.204 e. The molecule has 5 nitrogen and oxygen atoms in total. The Morgan fingerprint density at radius 1 is 1.27 bits per heavy atom. The number of pyridine rings is 1. The van der Waals surface area contributed by atoms with Gasteiger partial charge in [0, 0.05) is 29.4 Å². The number of allylic oxidation sites excluding steroid dienone is 1. The second kappa shape index (κ2) is 7.91. The number of aliphatic hydroxyl groups is 1. The second-order valence-corrected chi connectivity index (χ2v) is 7.48. The lowest BCUT2D eigenvalue weighted by Crippen LogP contribution is -2.14. The van der Waals surface area contributed by atoms with Gasteiger partial charge in [-0.1, -0.05) is 20.3 Å². The minimum absolute atomic E-state index is 0.00390. The first-order valence-corrected chi connectivity index (χ1v) is 9.77. The molecule has 1 aliphatic rings. The highest BCUT2D eigenvalue weighted by molar-refractivity contribution is 7.14. The minimum atomic E-state index is -0.186. The molecular formula is C20H22N2O3S. The number of hydrogen-bond acceptors (Lipinski definition) is 6. The number of Topliss-reactive ketones (excluding diaryl/α,β-unsaturated/α-hetero) is 2. The third-order valence-electron chi connectivity index (χ3n) is 4.47. The molecule has 3 rings (SSSR count). The third-order valence-corrected chi connectivity index (χ3v) is 5.56. The van der Waals surface area contributed by atoms with Crippen LogP contribution in [0.1, 0.15) is 64.7 Å². The first kappa shape index (κ1) is 18.5. The molecule has 0 amide bonds. The molecule has 0 bridgehead atoms. The predicted molar refractivity (Wildman–Crippen MR) is 102 cm³/mol. The molecule has 26 heavy (non-hydrogen) atoms. The van der Waals surface area contributed by atoms with Gasteiger partial charge in [0.05, 0.1) is 17.0 Å². The van der Waals surface area contributed by atoms with E-state index in [4.69, 9.17) is 0 Å². The molecule has 0 unspecified atom stereocenters. The quantitative estimate of drug-likeness (QED) is 0.611. The molecule has 0 fully saturated rings. The average molecular weight is 370 g/mol. The van der Waals surface area contributed by atoms with Crippen molar-refractivity contribution >= 4 is 28.7 Å². The highest BCUT2D eigenvalue weighted by Crippen LogP contribution is 2.33. The fourth-order valence-electron chi connectivity index (χ4n) is 2.98. The average Bonchev–Trinajstić information content (AvgIpc) is 3.06. The summed E-state index contributed by atoms with van der Waals surface area (Å²) in [7, 11) is 0. The zero-order valence-electron chi connectivity index (χ0n) is 15.0. The van der Waals surface area contributed by atoms with Crippen LogP contribution in [0.2, 0.25) is 0 Å². The topological polar surface area (TPSA) is 80.2 Å². The number of nitrogens with zero attached hydrogens (tertiary/aromatic N) is 2. The normalized spacial score (nSPS) is 15.7. The van der Waals surface area contributed by atoms with Crippen LogP contribution in [0.3, 0.4) is 0 Å². The Kier molecular flexibility index (Phi) is 5.61. The van der Waals surface area contributed by atoms with Crippen LogP contribution >= 0.6 is 11.3 Å². The molecule has 0 aliphatic heterocycles. The van der Waals surface area contributed by atoms with Crippen molar-refractivity contribution in [2.24, 2.45) is 0 Å². The Morgan fingerprint density at radius 3 is 2.73 bits per heavy atom. The van der Waals surface area contributed by atoms with Crippen LogP contribution in [-0.2, 0) is 24.1 Å². The van der Waals surface area contributed by atoms with Crippen molar-refractivity contribution < 1.29 is 14.7 Å². The molecule has 0 aromatic carbocycles. The number of aliphatic hydroxyl groups excluding tert-OH is 1. The Labute approximate surface area is 156 Å². The van der Waals surface area contributed by atoms with Crippen molar-refractivity contribution in [1.29, 1.82) is 0 Å². The van der Waals surface area contributed by atoms with Gasteiger partial charge in [0.2, 0.25) is 5.78 Å². The van der Waals surface area contributed by atoms with Gasteiger partial charge in [-0.25, -0.2) is 4.98 Å². The maximum Gasteiger partial charge on any atom is 0.204 e. The number of rotatable bonds is 6. The molecule has 0 radical (unpaired) electrons. The molecule has 1 N–H and O–H groups in total. The summed E-state index contributed by atoms with van der Waals surface area (Å²) in [6.45, 7) is 3.91. The molecular weight excluding hydrogens is 348 g/mol. The molecule has 6 heteroatoms. The molecule has 0 spiro atoms. The second-order valence-electron chi connectivity index (χ2n) is 6.40. The van der Waals surface area contributed by atoms with Crippen LogP contribution in [0.15, 0.2) is 23.9 Å².